The van der Waals surface area contributed by atoms with Crippen LogP contribution < -0.4 is 5.32 Å². The Hall–Kier alpha value is -2.86. The average molecular weight is 451 g/mol. The number of aromatic nitrogens is 3. The van der Waals surface area contributed by atoms with E-state index in [4.69, 9.17) is 0 Å². The summed E-state index contributed by atoms with van der Waals surface area (Å²) in [6.07, 6.45) is 3.83. The van der Waals surface area contributed by atoms with Gasteiger partial charge in [-0.3, -0.25) is 4.79 Å². The van der Waals surface area contributed by atoms with Gasteiger partial charge in [0.2, 0.25) is 0 Å². The van der Waals surface area contributed by atoms with Crippen LogP contribution in [-0.2, 0) is 13.6 Å². The number of nitrogens with zero attached hydrogens (tertiary/aromatic N) is 3. The van der Waals surface area contributed by atoms with E-state index in [9.17, 15) is 4.79 Å². The molecule has 0 saturated heterocycles. The molecule has 0 unspecified atom stereocenters. The lowest BCUT2D eigenvalue weighted by Crippen LogP contribution is -2.16. The Balaban J connectivity index is 1.59. The Morgan fingerprint density at radius 1 is 1.17 bits per heavy atom. The summed E-state index contributed by atoms with van der Waals surface area (Å²) in [5.74, 6) is 1.27. The fourth-order valence-electron chi connectivity index (χ4n) is 3.69. The first kappa shape index (κ1) is 19.5. The summed E-state index contributed by atoms with van der Waals surface area (Å²) in [4.78, 5) is 17.5. The fourth-order valence-corrected chi connectivity index (χ4v) is 4.47. The van der Waals surface area contributed by atoms with Crippen LogP contribution in [0.25, 0.3) is 10.9 Å². The fraction of sp³-hybridized carbons (Fsp3) is 0.217. The summed E-state index contributed by atoms with van der Waals surface area (Å²) < 4.78 is 4.87. The lowest BCUT2D eigenvalue weighted by molar-refractivity contribution is 0.101. The first-order valence-corrected chi connectivity index (χ1v) is 10.4. The van der Waals surface area contributed by atoms with Gasteiger partial charge in [-0.2, -0.15) is 0 Å². The van der Waals surface area contributed by atoms with Crippen LogP contribution in [0.3, 0.4) is 0 Å². The molecule has 2 aromatic heterocycles. The Morgan fingerprint density at radius 3 is 2.72 bits per heavy atom. The maximum atomic E-state index is 13.0. The molecule has 0 aliphatic carbocycles. The summed E-state index contributed by atoms with van der Waals surface area (Å²) in [6.45, 7) is 4.99. The number of amides is 1. The van der Waals surface area contributed by atoms with E-state index < -0.39 is 0 Å². The number of hydrogen-bond acceptors (Lipinski definition) is 2. The molecule has 148 valence electrons. The van der Waals surface area contributed by atoms with Gasteiger partial charge >= 0.3 is 0 Å². The van der Waals surface area contributed by atoms with Gasteiger partial charge in [-0.15, -0.1) is 0 Å². The van der Waals surface area contributed by atoms with E-state index >= 15 is 0 Å². The third-order valence-electron chi connectivity index (χ3n) is 5.06. The number of anilines is 1. The highest BCUT2D eigenvalue weighted by atomic mass is 79.9. The maximum Gasteiger partial charge on any atom is 0.273 e. The van der Waals surface area contributed by atoms with Crippen molar-refractivity contribution in [3.05, 3.63) is 82.5 Å². The molecule has 4 aromatic rings. The van der Waals surface area contributed by atoms with Crippen LogP contribution in [0.15, 0.2) is 65.4 Å². The smallest absolute Gasteiger partial charge is 0.273 e. The van der Waals surface area contributed by atoms with Gasteiger partial charge in [-0.1, -0.05) is 44.2 Å². The highest BCUT2D eigenvalue weighted by molar-refractivity contribution is 9.10. The summed E-state index contributed by atoms with van der Waals surface area (Å²) >= 11 is 3.60. The van der Waals surface area contributed by atoms with Crippen molar-refractivity contribution >= 4 is 38.4 Å². The molecular weight excluding hydrogens is 428 g/mol. The Morgan fingerprint density at radius 2 is 1.97 bits per heavy atom. The minimum atomic E-state index is -0.141. The number of benzene rings is 2. The zero-order valence-electron chi connectivity index (χ0n) is 16.7. The van der Waals surface area contributed by atoms with E-state index in [-0.39, 0.29) is 5.91 Å². The number of carbonyl (C=O) groups excluding carboxylic acids is 1. The van der Waals surface area contributed by atoms with Crippen molar-refractivity contribution < 1.29 is 4.79 Å². The van der Waals surface area contributed by atoms with E-state index in [1.54, 1.807) is 0 Å². The average Bonchev–Trinajstić information content (AvgIpc) is 3.25. The lowest BCUT2D eigenvalue weighted by atomic mass is 10.1. The monoisotopic (exact) mass is 450 g/mol. The van der Waals surface area contributed by atoms with Crippen molar-refractivity contribution in [2.75, 3.05) is 5.32 Å². The number of hydrogen-bond donors (Lipinski definition) is 1. The number of halogens is 1. The van der Waals surface area contributed by atoms with Crippen molar-refractivity contribution in [1.29, 1.82) is 0 Å². The quantitative estimate of drug-likeness (QED) is 0.432. The van der Waals surface area contributed by atoms with Crippen molar-refractivity contribution in [2.24, 2.45) is 7.05 Å². The standard InChI is InChI=1S/C23H23BrN4O/c1-15(2)22-25-11-12-28(22)14-16-7-6-8-17(13-16)26-23(29)21-20(24)18-9-4-5-10-19(18)27(21)3/h4-13,15H,14H2,1-3H3,(H,26,29). The molecule has 0 radical (unpaired) electrons. The minimum Gasteiger partial charge on any atom is -0.339 e. The third-order valence-corrected chi connectivity index (χ3v) is 5.86. The number of nitrogens with one attached hydrogen (secondary N) is 1. The predicted octanol–water partition coefficient (Wildman–Crippen LogP) is 5.56. The molecule has 2 heterocycles. The molecule has 1 N–H and O–H groups in total. The molecule has 2 aromatic carbocycles. The molecule has 5 nitrogen and oxygen atoms in total. The van der Waals surface area contributed by atoms with Crippen molar-refractivity contribution in [2.45, 2.75) is 26.3 Å². The van der Waals surface area contributed by atoms with E-state index in [2.05, 4.69) is 50.7 Å². The second-order valence-corrected chi connectivity index (χ2v) is 8.25. The van der Waals surface area contributed by atoms with Crippen LogP contribution in [0.4, 0.5) is 5.69 Å². The van der Waals surface area contributed by atoms with E-state index in [1.807, 2.05) is 66.5 Å². The topological polar surface area (TPSA) is 51.9 Å². The normalized spacial score (nSPS) is 11.3. The number of para-hydroxylation sites is 1. The predicted molar refractivity (Wildman–Crippen MR) is 120 cm³/mol. The van der Waals surface area contributed by atoms with E-state index in [1.165, 1.54) is 0 Å². The van der Waals surface area contributed by atoms with Gasteiger partial charge in [0, 0.05) is 48.5 Å². The number of carbonyl (C=O) groups is 1. The summed E-state index contributed by atoms with van der Waals surface area (Å²) in [6, 6.07) is 15.9. The summed E-state index contributed by atoms with van der Waals surface area (Å²) in [5.41, 5.74) is 3.50. The maximum absolute atomic E-state index is 13.0. The van der Waals surface area contributed by atoms with Crippen LogP contribution in [0.2, 0.25) is 0 Å². The molecule has 0 saturated carbocycles. The van der Waals surface area contributed by atoms with Gasteiger partial charge in [0.25, 0.3) is 5.91 Å². The number of imidazole rings is 1. The van der Waals surface area contributed by atoms with E-state index in [0.717, 1.165) is 39.0 Å². The first-order chi connectivity index (χ1) is 14.0. The summed E-state index contributed by atoms with van der Waals surface area (Å²) in [7, 11) is 1.91. The van der Waals surface area contributed by atoms with Crippen LogP contribution in [0.1, 0.15) is 41.6 Å². The molecule has 0 fully saturated rings. The molecule has 4 rings (SSSR count). The lowest BCUT2D eigenvalue weighted by Gasteiger charge is -2.12. The van der Waals surface area contributed by atoms with E-state index in [0.29, 0.717) is 11.6 Å². The Labute approximate surface area is 178 Å². The largest absolute Gasteiger partial charge is 0.339 e. The highest BCUT2D eigenvalue weighted by Crippen LogP contribution is 2.30. The van der Waals surface area contributed by atoms with Gasteiger partial charge in [0.1, 0.15) is 11.5 Å². The van der Waals surface area contributed by atoms with Crippen LogP contribution in [-0.4, -0.2) is 20.0 Å². The van der Waals surface area contributed by atoms with Gasteiger partial charge in [0.05, 0.1) is 4.47 Å². The molecule has 1 amide bonds. The number of rotatable bonds is 5. The molecule has 0 spiro atoms. The van der Waals surface area contributed by atoms with Gasteiger partial charge in [-0.25, -0.2) is 4.98 Å². The van der Waals surface area contributed by atoms with Gasteiger partial charge in [-0.05, 0) is 39.7 Å². The Bertz CT molecular complexity index is 1150. The van der Waals surface area contributed by atoms with Crippen molar-refractivity contribution in [3.63, 3.8) is 0 Å². The Kier molecular flexibility index (Phi) is 5.28. The van der Waals surface area contributed by atoms with Crippen molar-refractivity contribution in [3.8, 4) is 0 Å². The number of fused-ring (bicyclic) bond motifs is 1. The molecular formula is C23H23BrN4O. The molecule has 0 aliphatic heterocycles. The van der Waals surface area contributed by atoms with Crippen LogP contribution in [0.5, 0.6) is 0 Å². The van der Waals surface area contributed by atoms with Crippen molar-refractivity contribution in [1.82, 2.24) is 14.1 Å². The SMILES string of the molecule is CC(C)c1nccn1Cc1cccc(NC(=O)c2c(Br)c3ccccc3n2C)c1. The van der Waals surface area contributed by atoms with Gasteiger partial charge in [0.15, 0.2) is 0 Å². The molecule has 0 atom stereocenters. The molecule has 0 bridgehead atoms. The number of aryl methyl sites for hydroxylation is 1. The zero-order chi connectivity index (χ0) is 20.5. The van der Waals surface area contributed by atoms with Crippen LogP contribution in [0, 0.1) is 0 Å². The highest BCUT2D eigenvalue weighted by Gasteiger charge is 2.19. The zero-order valence-corrected chi connectivity index (χ0v) is 18.3. The van der Waals surface area contributed by atoms with Gasteiger partial charge < -0.3 is 14.5 Å². The second-order valence-electron chi connectivity index (χ2n) is 7.46. The first-order valence-electron chi connectivity index (χ1n) is 9.60. The molecule has 0 aliphatic rings. The third kappa shape index (κ3) is 3.72. The second kappa shape index (κ2) is 7.87. The van der Waals surface area contributed by atoms with Crippen LogP contribution >= 0.6 is 15.9 Å². The minimum absolute atomic E-state index is 0.141. The summed E-state index contributed by atoms with van der Waals surface area (Å²) in [5, 5.41) is 4.07. The molecule has 29 heavy (non-hydrogen) atoms. The molecule has 6 heteroatoms.